The molecule has 1 aliphatic rings. The van der Waals surface area contributed by atoms with Crippen LogP contribution in [0, 0.1) is 20.2 Å². The molecular formula is C2H6N10O4. The van der Waals surface area contributed by atoms with E-state index in [4.69, 9.17) is 11.5 Å². The first kappa shape index (κ1) is 11.6. The lowest BCUT2D eigenvalue weighted by molar-refractivity contribution is -0.564. The van der Waals surface area contributed by atoms with Gasteiger partial charge in [-0.05, 0) is 0 Å². The van der Waals surface area contributed by atoms with E-state index in [0.29, 0.717) is 0 Å². The zero-order valence-electron chi connectivity index (χ0n) is 7.47. The van der Waals surface area contributed by atoms with E-state index >= 15 is 0 Å². The average Bonchev–Trinajstić information content (AvgIpc) is 2.09. The molecule has 88 valence electrons. The van der Waals surface area contributed by atoms with Crippen molar-refractivity contribution in [1.29, 1.82) is 0 Å². The summed E-state index contributed by atoms with van der Waals surface area (Å²) in [4.78, 5) is 20.1. The number of nitrogens with two attached hydrogens (primary N) is 2. The number of hydrogen-bond donors (Lipinski definition) is 4. The molecule has 1 aliphatic heterocycles. The summed E-state index contributed by atoms with van der Waals surface area (Å²) >= 11 is 0. The summed E-state index contributed by atoms with van der Waals surface area (Å²) in [7, 11) is 0. The highest BCUT2D eigenvalue weighted by molar-refractivity contribution is 4.78. The van der Waals surface area contributed by atoms with Gasteiger partial charge in [-0.3, -0.25) is 11.5 Å². The van der Waals surface area contributed by atoms with Crippen LogP contribution >= 0.6 is 0 Å². The van der Waals surface area contributed by atoms with Gasteiger partial charge in [0.05, 0.1) is 0 Å². The maximum absolute atomic E-state index is 10.1. The van der Waals surface area contributed by atoms with Crippen LogP contribution in [0.3, 0.4) is 0 Å². The molecule has 0 spiro atoms. The van der Waals surface area contributed by atoms with Gasteiger partial charge >= 0.3 is 11.8 Å². The van der Waals surface area contributed by atoms with Crippen molar-refractivity contribution >= 4 is 0 Å². The molecule has 0 bridgehead atoms. The maximum Gasteiger partial charge on any atom is 0.369 e. The van der Waals surface area contributed by atoms with Gasteiger partial charge in [0.2, 0.25) is 0 Å². The minimum Gasteiger partial charge on any atom is -0.263 e. The molecule has 14 heteroatoms. The molecule has 0 aliphatic carbocycles. The topological polar surface area (TPSA) is 212 Å². The van der Waals surface area contributed by atoms with Crippen molar-refractivity contribution in [2.75, 3.05) is 0 Å². The van der Waals surface area contributed by atoms with Crippen molar-refractivity contribution in [3.8, 4) is 0 Å². The van der Waals surface area contributed by atoms with E-state index < -0.39 is 21.9 Å². The molecule has 14 nitrogen and oxygen atoms in total. The lowest BCUT2D eigenvalue weighted by atomic mass is 10.6. The Balaban J connectivity index is 2.78. The number of nitrogens with zero attached hydrogens (tertiary/aromatic N) is 6. The van der Waals surface area contributed by atoms with Crippen LogP contribution in [0.4, 0.5) is 0 Å². The van der Waals surface area contributed by atoms with Crippen molar-refractivity contribution in [3.63, 3.8) is 0 Å². The first-order valence-electron chi connectivity index (χ1n) is 3.55. The molecule has 0 aromatic rings. The van der Waals surface area contributed by atoms with Crippen molar-refractivity contribution in [3.05, 3.63) is 20.2 Å². The fourth-order valence-electron chi connectivity index (χ4n) is 0.703. The fourth-order valence-corrected chi connectivity index (χ4v) is 0.703. The molecule has 16 heavy (non-hydrogen) atoms. The average molecular weight is 234 g/mol. The van der Waals surface area contributed by atoms with Crippen molar-refractivity contribution in [2.45, 2.75) is 11.8 Å². The number of nitro groups is 2. The molecule has 0 saturated heterocycles. The van der Waals surface area contributed by atoms with E-state index in [1.807, 2.05) is 0 Å². The third-order valence-corrected chi connectivity index (χ3v) is 1.22. The Hall–Kier alpha value is -2.48. The molecule has 0 saturated carbocycles. The Labute approximate surface area is 86.0 Å². The Bertz CT molecular complexity index is 325. The molecule has 0 radical (unpaired) electrons. The van der Waals surface area contributed by atoms with Gasteiger partial charge in [-0.1, -0.05) is 10.9 Å². The Kier molecular flexibility index (Phi) is 2.60. The summed E-state index contributed by atoms with van der Waals surface area (Å²) in [6.45, 7) is 0. The summed E-state index contributed by atoms with van der Waals surface area (Å²) in [5, 5.41) is 30.5. The second-order valence-corrected chi connectivity index (χ2v) is 2.59. The molecule has 0 aromatic carbocycles. The second-order valence-electron chi connectivity index (χ2n) is 2.59. The van der Waals surface area contributed by atoms with Gasteiger partial charge in [0.15, 0.2) is 10.1 Å². The normalized spacial score (nSPS) is 32.1. The Morgan fingerprint density at radius 2 is 1.12 bits per heavy atom. The standard InChI is InChI=1S/C2H6N10O4/c3-1(9-11(13)14)5-7-2(4,8-6-1)10-12(15)16/h9-10H,3-4H2. The van der Waals surface area contributed by atoms with Crippen molar-refractivity contribution in [2.24, 2.45) is 31.9 Å². The van der Waals surface area contributed by atoms with E-state index in [1.165, 1.54) is 10.9 Å². The fraction of sp³-hybridized carbons (Fsp3) is 1.00. The number of azo groups is 2. The smallest absolute Gasteiger partial charge is 0.263 e. The highest BCUT2D eigenvalue weighted by Crippen LogP contribution is 2.15. The van der Waals surface area contributed by atoms with Crippen LogP contribution in [0.15, 0.2) is 20.5 Å². The van der Waals surface area contributed by atoms with Gasteiger partial charge < -0.3 is 0 Å². The zero-order chi connectivity index (χ0) is 12.4. The van der Waals surface area contributed by atoms with Crippen LogP contribution in [-0.4, -0.2) is 21.9 Å². The van der Waals surface area contributed by atoms with Gasteiger partial charge in [-0.25, -0.2) is 20.2 Å². The van der Waals surface area contributed by atoms with Gasteiger partial charge in [0, 0.05) is 0 Å². The lowest BCUT2D eigenvalue weighted by Crippen LogP contribution is -2.59. The Morgan fingerprint density at radius 3 is 1.31 bits per heavy atom. The van der Waals surface area contributed by atoms with Gasteiger partial charge in [-0.15, -0.1) is 20.5 Å². The predicted octanol–water partition coefficient (Wildman–Crippen LogP) is -2.39. The molecule has 1 rings (SSSR count). The summed E-state index contributed by atoms with van der Waals surface area (Å²) in [5.41, 5.74) is 13.3. The van der Waals surface area contributed by atoms with Crippen LogP contribution in [0.5, 0.6) is 0 Å². The highest BCUT2D eigenvalue weighted by atomic mass is 16.7. The van der Waals surface area contributed by atoms with Crippen LogP contribution in [0.2, 0.25) is 0 Å². The summed E-state index contributed by atoms with van der Waals surface area (Å²) < 4.78 is 0. The van der Waals surface area contributed by atoms with Crippen LogP contribution < -0.4 is 22.3 Å². The molecule has 6 N–H and O–H groups in total. The highest BCUT2D eigenvalue weighted by Gasteiger charge is 2.40. The molecule has 0 atom stereocenters. The van der Waals surface area contributed by atoms with Crippen LogP contribution in [0.25, 0.3) is 0 Å². The number of hydrogen-bond acceptors (Lipinski definition) is 10. The predicted molar refractivity (Wildman–Crippen MR) is 43.8 cm³/mol. The molecule has 0 amide bonds. The van der Waals surface area contributed by atoms with Gasteiger partial charge in [0.25, 0.3) is 0 Å². The minimum atomic E-state index is -2.23. The number of nitrogens with one attached hydrogen (secondary N) is 2. The third kappa shape index (κ3) is 2.75. The lowest BCUT2D eigenvalue weighted by Gasteiger charge is -2.22. The zero-order valence-corrected chi connectivity index (χ0v) is 7.47. The SMILES string of the molecule is NC1(N[N+](=O)[O-])N=NC(N)(N[N+](=O)[O-])N=N1. The first-order valence-corrected chi connectivity index (χ1v) is 3.55. The van der Waals surface area contributed by atoms with E-state index in [1.54, 1.807) is 0 Å². The monoisotopic (exact) mass is 234 g/mol. The van der Waals surface area contributed by atoms with E-state index in [2.05, 4.69) is 20.5 Å². The van der Waals surface area contributed by atoms with E-state index in [0.717, 1.165) is 0 Å². The summed E-state index contributed by atoms with van der Waals surface area (Å²) in [6, 6.07) is 0. The molecule has 0 unspecified atom stereocenters. The van der Waals surface area contributed by atoms with Gasteiger partial charge in [-0.2, -0.15) is 0 Å². The maximum atomic E-state index is 10.1. The third-order valence-electron chi connectivity index (χ3n) is 1.22. The second kappa shape index (κ2) is 3.59. The largest absolute Gasteiger partial charge is 0.369 e. The van der Waals surface area contributed by atoms with Crippen molar-refractivity contribution in [1.82, 2.24) is 10.9 Å². The first-order chi connectivity index (χ1) is 7.25. The number of hydrazine groups is 2. The van der Waals surface area contributed by atoms with Gasteiger partial charge in [0.1, 0.15) is 0 Å². The van der Waals surface area contributed by atoms with Crippen LogP contribution in [0.1, 0.15) is 0 Å². The number of rotatable bonds is 4. The molecule has 0 aromatic heterocycles. The van der Waals surface area contributed by atoms with E-state index in [-0.39, 0.29) is 0 Å². The molecular weight excluding hydrogens is 228 g/mol. The van der Waals surface area contributed by atoms with E-state index in [9.17, 15) is 20.2 Å². The Morgan fingerprint density at radius 1 is 0.875 bits per heavy atom. The summed E-state index contributed by atoms with van der Waals surface area (Å²) in [5.74, 6) is -4.46. The quantitative estimate of drug-likeness (QED) is 0.233. The van der Waals surface area contributed by atoms with Crippen LogP contribution in [-0.2, 0) is 0 Å². The molecule has 0 fully saturated rings. The minimum absolute atomic E-state index is 1.03. The van der Waals surface area contributed by atoms with Crippen molar-refractivity contribution < 1.29 is 10.1 Å². The molecule has 1 heterocycles. The summed E-state index contributed by atoms with van der Waals surface area (Å²) in [6.07, 6.45) is 0.